The molecule has 1 amide bonds. The number of carboxylic acid groups (broad SMARTS) is 1. The van der Waals surface area contributed by atoms with Gasteiger partial charge in [-0.05, 0) is 43.5 Å². The van der Waals surface area contributed by atoms with Crippen LogP contribution in [0.15, 0.2) is 23.1 Å². The van der Waals surface area contributed by atoms with Gasteiger partial charge in [-0.1, -0.05) is 13.0 Å². The van der Waals surface area contributed by atoms with Crippen LogP contribution in [0, 0.1) is 0 Å². The molecule has 1 aliphatic heterocycles. The van der Waals surface area contributed by atoms with E-state index < -0.39 is 16.0 Å². The number of nitrogens with zero attached hydrogens (tertiary/aromatic N) is 2. The zero-order valence-corrected chi connectivity index (χ0v) is 16.3. The molecule has 0 radical (unpaired) electrons. The highest BCUT2D eigenvalue weighted by molar-refractivity contribution is 7.89. The van der Waals surface area contributed by atoms with Crippen LogP contribution in [-0.4, -0.2) is 62.0 Å². The zero-order chi connectivity index (χ0) is 19.8. The molecule has 0 atom stereocenters. The van der Waals surface area contributed by atoms with Gasteiger partial charge in [0.25, 0.3) is 0 Å². The van der Waals surface area contributed by atoms with Gasteiger partial charge in [0, 0.05) is 31.2 Å². The van der Waals surface area contributed by atoms with Crippen molar-refractivity contribution in [1.82, 2.24) is 9.62 Å². The summed E-state index contributed by atoms with van der Waals surface area (Å²) in [6.45, 7) is 4.52. The molecule has 27 heavy (non-hydrogen) atoms. The molecular formula is C18H25N3O5S. The molecular weight excluding hydrogens is 370 g/mol. The first kappa shape index (κ1) is 19.8. The first-order valence-corrected chi connectivity index (χ1v) is 10.6. The lowest BCUT2D eigenvalue weighted by atomic mass is 9.86. The molecule has 0 bridgehead atoms. The van der Waals surface area contributed by atoms with E-state index in [1.807, 2.05) is 11.8 Å². The van der Waals surface area contributed by atoms with Gasteiger partial charge in [-0.25, -0.2) is 13.1 Å². The van der Waals surface area contributed by atoms with Crippen molar-refractivity contribution in [3.05, 3.63) is 23.8 Å². The Bertz CT molecular complexity index is 849. The van der Waals surface area contributed by atoms with E-state index in [9.17, 15) is 18.0 Å². The normalized spacial score (nSPS) is 21.8. The lowest BCUT2D eigenvalue weighted by Gasteiger charge is -2.42. The number of carboxylic acids is 1. The maximum Gasteiger partial charge on any atom is 0.317 e. The highest BCUT2D eigenvalue weighted by Gasteiger charge is 2.36. The Morgan fingerprint density at radius 3 is 2.63 bits per heavy atom. The molecule has 1 aliphatic carbocycles. The van der Waals surface area contributed by atoms with Crippen LogP contribution in [0.1, 0.15) is 32.3 Å². The predicted molar refractivity (Wildman–Crippen MR) is 100 cm³/mol. The van der Waals surface area contributed by atoms with E-state index in [2.05, 4.69) is 4.72 Å². The van der Waals surface area contributed by atoms with Gasteiger partial charge in [0.2, 0.25) is 15.9 Å². The van der Waals surface area contributed by atoms with Crippen LogP contribution in [0.25, 0.3) is 0 Å². The van der Waals surface area contributed by atoms with Gasteiger partial charge in [-0.15, -0.1) is 0 Å². The molecule has 148 valence electrons. The minimum atomic E-state index is -3.69. The molecule has 0 spiro atoms. The van der Waals surface area contributed by atoms with E-state index in [1.54, 1.807) is 23.1 Å². The molecule has 1 aromatic carbocycles. The van der Waals surface area contributed by atoms with E-state index in [4.69, 9.17) is 5.11 Å². The van der Waals surface area contributed by atoms with Gasteiger partial charge in [-0.3, -0.25) is 14.5 Å². The number of hydrogen-bond acceptors (Lipinski definition) is 5. The number of benzene rings is 1. The largest absolute Gasteiger partial charge is 0.480 e. The summed E-state index contributed by atoms with van der Waals surface area (Å²) >= 11 is 0. The monoisotopic (exact) mass is 395 g/mol. The van der Waals surface area contributed by atoms with E-state index in [0.717, 1.165) is 12.0 Å². The van der Waals surface area contributed by atoms with Crippen molar-refractivity contribution in [2.75, 3.05) is 24.5 Å². The number of anilines is 1. The summed E-state index contributed by atoms with van der Waals surface area (Å²) in [5.41, 5.74) is 1.63. The number of hydrogen-bond donors (Lipinski definition) is 2. The Morgan fingerprint density at radius 2 is 2.04 bits per heavy atom. The third-order valence-electron chi connectivity index (χ3n) is 5.34. The number of fused-ring (bicyclic) bond motifs is 1. The summed E-state index contributed by atoms with van der Waals surface area (Å²) in [7, 11) is -3.69. The maximum atomic E-state index is 12.7. The van der Waals surface area contributed by atoms with Gasteiger partial charge in [-0.2, -0.15) is 0 Å². The van der Waals surface area contributed by atoms with Gasteiger partial charge in [0.05, 0.1) is 11.4 Å². The second kappa shape index (κ2) is 7.57. The molecule has 0 saturated heterocycles. The number of amides is 1. The van der Waals surface area contributed by atoms with E-state index in [0.29, 0.717) is 31.6 Å². The van der Waals surface area contributed by atoms with Crippen molar-refractivity contribution >= 4 is 27.6 Å². The standard InChI is InChI=1S/C18H25N3O5S/c1-3-20(11-18(23)24)15-8-14(9-15)19-27(25,26)16-5-4-13-6-7-21(12(2)22)17(13)10-16/h4-5,10,14-15,19H,3,6-9,11H2,1-2H3,(H,23,24). The van der Waals surface area contributed by atoms with Gasteiger partial charge in [0.15, 0.2) is 0 Å². The number of sulfonamides is 1. The van der Waals surface area contributed by atoms with Crippen molar-refractivity contribution in [1.29, 1.82) is 0 Å². The molecule has 3 rings (SSSR count). The van der Waals surface area contributed by atoms with Crippen molar-refractivity contribution in [3.8, 4) is 0 Å². The van der Waals surface area contributed by atoms with Crippen LogP contribution in [0.4, 0.5) is 5.69 Å². The van der Waals surface area contributed by atoms with Crippen molar-refractivity contribution in [2.45, 2.75) is 50.1 Å². The minimum absolute atomic E-state index is 0.0354. The second-order valence-electron chi connectivity index (χ2n) is 7.11. The SMILES string of the molecule is CCN(CC(=O)O)C1CC(NS(=O)(=O)c2ccc3c(c2)N(C(C)=O)CC3)C1. The zero-order valence-electron chi connectivity index (χ0n) is 15.5. The Hall–Kier alpha value is -1.97. The molecule has 1 heterocycles. The molecule has 8 nitrogen and oxygen atoms in total. The summed E-state index contributed by atoms with van der Waals surface area (Å²) in [4.78, 5) is 26.2. The van der Waals surface area contributed by atoms with Crippen LogP contribution in [0.3, 0.4) is 0 Å². The fourth-order valence-electron chi connectivity index (χ4n) is 3.80. The van der Waals surface area contributed by atoms with Crippen LogP contribution in [-0.2, 0) is 26.0 Å². The molecule has 9 heteroatoms. The third-order valence-corrected chi connectivity index (χ3v) is 6.86. The first-order chi connectivity index (χ1) is 12.7. The Kier molecular flexibility index (Phi) is 5.55. The highest BCUT2D eigenvalue weighted by atomic mass is 32.2. The number of aliphatic carboxylic acids is 1. The topological polar surface area (TPSA) is 107 Å². The first-order valence-electron chi connectivity index (χ1n) is 9.10. The van der Waals surface area contributed by atoms with Crippen molar-refractivity contribution in [3.63, 3.8) is 0 Å². The molecule has 1 aromatic rings. The number of carbonyl (C=O) groups excluding carboxylic acids is 1. The predicted octanol–water partition coefficient (Wildman–Crippen LogP) is 0.811. The molecule has 1 saturated carbocycles. The summed E-state index contributed by atoms with van der Waals surface area (Å²) in [5.74, 6) is -0.981. The van der Waals surface area contributed by atoms with Gasteiger partial charge in [0.1, 0.15) is 0 Å². The fraction of sp³-hybridized carbons (Fsp3) is 0.556. The number of nitrogens with one attached hydrogen (secondary N) is 1. The van der Waals surface area contributed by atoms with E-state index in [-0.39, 0.29) is 29.4 Å². The lowest BCUT2D eigenvalue weighted by molar-refractivity contribution is -0.139. The van der Waals surface area contributed by atoms with Crippen LogP contribution < -0.4 is 9.62 Å². The lowest BCUT2D eigenvalue weighted by Crippen LogP contribution is -2.54. The average Bonchev–Trinajstić information content (AvgIpc) is 2.99. The van der Waals surface area contributed by atoms with Gasteiger partial charge >= 0.3 is 5.97 Å². The summed E-state index contributed by atoms with van der Waals surface area (Å²) < 4.78 is 28.1. The maximum absolute atomic E-state index is 12.7. The minimum Gasteiger partial charge on any atom is -0.480 e. The number of carbonyl (C=O) groups is 2. The van der Waals surface area contributed by atoms with E-state index in [1.165, 1.54) is 6.92 Å². The van der Waals surface area contributed by atoms with Crippen molar-refractivity contribution in [2.24, 2.45) is 0 Å². The number of rotatable bonds is 7. The fourth-order valence-corrected chi connectivity index (χ4v) is 5.08. The Balaban J connectivity index is 1.66. The van der Waals surface area contributed by atoms with Crippen LogP contribution in [0.5, 0.6) is 0 Å². The molecule has 2 N–H and O–H groups in total. The molecule has 1 fully saturated rings. The summed E-state index contributed by atoms with van der Waals surface area (Å²) in [5, 5.41) is 8.94. The Labute approximate surface area is 159 Å². The molecule has 0 aromatic heterocycles. The average molecular weight is 395 g/mol. The van der Waals surface area contributed by atoms with Crippen LogP contribution in [0.2, 0.25) is 0 Å². The quantitative estimate of drug-likeness (QED) is 0.708. The highest BCUT2D eigenvalue weighted by Crippen LogP contribution is 2.32. The smallest absolute Gasteiger partial charge is 0.317 e. The second-order valence-corrected chi connectivity index (χ2v) is 8.83. The van der Waals surface area contributed by atoms with Gasteiger partial charge < -0.3 is 10.0 Å². The van der Waals surface area contributed by atoms with Crippen LogP contribution >= 0.6 is 0 Å². The number of likely N-dealkylation sites (N-methyl/N-ethyl adjacent to an activating group) is 1. The summed E-state index contributed by atoms with van der Waals surface area (Å²) in [6, 6.07) is 4.77. The van der Waals surface area contributed by atoms with Crippen molar-refractivity contribution < 1.29 is 23.1 Å². The Morgan fingerprint density at radius 1 is 1.33 bits per heavy atom. The third kappa shape index (κ3) is 4.15. The van der Waals surface area contributed by atoms with E-state index >= 15 is 0 Å². The molecule has 2 aliphatic rings. The molecule has 0 unspecified atom stereocenters. The summed E-state index contributed by atoms with van der Waals surface area (Å²) in [6.07, 6.45) is 1.90.